The second-order valence-electron chi connectivity index (χ2n) is 6.07. The summed E-state index contributed by atoms with van der Waals surface area (Å²) in [7, 11) is 0. The van der Waals surface area contributed by atoms with E-state index in [0.29, 0.717) is 6.04 Å². The lowest BCUT2D eigenvalue weighted by Crippen LogP contribution is -2.35. The molecule has 2 fully saturated rings. The van der Waals surface area contributed by atoms with Crippen LogP contribution in [0.25, 0.3) is 10.9 Å². The molecule has 1 saturated carbocycles. The number of rotatable bonds is 1. The van der Waals surface area contributed by atoms with Gasteiger partial charge in [-0.2, -0.15) is 0 Å². The lowest BCUT2D eigenvalue weighted by Gasteiger charge is -2.32. The van der Waals surface area contributed by atoms with Crippen LogP contribution in [-0.4, -0.2) is 22.6 Å². The van der Waals surface area contributed by atoms with Gasteiger partial charge in [0.25, 0.3) is 0 Å². The van der Waals surface area contributed by atoms with Gasteiger partial charge in [0.15, 0.2) is 0 Å². The van der Waals surface area contributed by atoms with E-state index in [2.05, 4.69) is 14.9 Å². The molecule has 2 N–H and O–H groups in total. The van der Waals surface area contributed by atoms with Crippen LogP contribution in [0.3, 0.4) is 0 Å². The SMILES string of the molecule is Nc1ccc2ncnc(N3CCC4CCCCC43)c2c1. The molecule has 20 heavy (non-hydrogen) atoms. The maximum Gasteiger partial charge on any atom is 0.140 e. The Labute approximate surface area is 119 Å². The number of hydrogen-bond acceptors (Lipinski definition) is 4. The first-order valence-corrected chi connectivity index (χ1v) is 7.60. The molecule has 4 rings (SSSR count). The summed E-state index contributed by atoms with van der Waals surface area (Å²) >= 11 is 0. The van der Waals surface area contributed by atoms with Crippen LogP contribution in [0.5, 0.6) is 0 Å². The number of benzene rings is 1. The van der Waals surface area contributed by atoms with Gasteiger partial charge in [0.1, 0.15) is 12.1 Å². The monoisotopic (exact) mass is 268 g/mol. The molecule has 2 atom stereocenters. The standard InChI is InChI=1S/C16H20N4/c17-12-5-6-14-13(9-12)16(19-10-18-14)20-8-7-11-3-1-2-4-15(11)20/h5-6,9-11,15H,1-4,7-8,17H2. The number of anilines is 2. The van der Waals surface area contributed by atoms with Crippen LogP contribution in [-0.2, 0) is 0 Å². The molecule has 104 valence electrons. The van der Waals surface area contributed by atoms with Crippen molar-refractivity contribution in [1.82, 2.24) is 9.97 Å². The summed E-state index contributed by atoms with van der Waals surface area (Å²) < 4.78 is 0. The first kappa shape index (κ1) is 11.9. The van der Waals surface area contributed by atoms with Crippen LogP contribution in [0.2, 0.25) is 0 Å². The molecule has 0 amide bonds. The molecule has 0 bridgehead atoms. The van der Waals surface area contributed by atoms with Crippen molar-refractivity contribution in [3.63, 3.8) is 0 Å². The Morgan fingerprint density at radius 2 is 2.00 bits per heavy atom. The zero-order chi connectivity index (χ0) is 13.5. The molecule has 1 saturated heterocycles. The lowest BCUT2D eigenvalue weighted by molar-refractivity contribution is 0.341. The highest BCUT2D eigenvalue weighted by Gasteiger charge is 2.36. The van der Waals surface area contributed by atoms with Crippen LogP contribution < -0.4 is 10.6 Å². The van der Waals surface area contributed by atoms with Gasteiger partial charge in [-0.05, 0) is 43.4 Å². The van der Waals surface area contributed by atoms with E-state index < -0.39 is 0 Å². The van der Waals surface area contributed by atoms with Crippen molar-refractivity contribution >= 4 is 22.4 Å². The fourth-order valence-corrected chi connectivity index (χ4v) is 3.96. The average Bonchev–Trinajstić information content (AvgIpc) is 2.90. The van der Waals surface area contributed by atoms with Crippen molar-refractivity contribution in [1.29, 1.82) is 0 Å². The summed E-state index contributed by atoms with van der Waals surface area (Å²) in [5.41, 5.74) is 7.72. The van der Waals surface area contributed by atoms with Crippen LogP contribution >= 0.6 is 0 Å². The molecule has 1 aromatic carbocycles. The Bertz CT molecular complexity index is 639. The minimum atomic E-state index is 0.670. The van der Waals surface area contributed by atoms with E-state index in [1.807, 2.05) is 18.2 Å². The van der Waals surface area contributed by atoms with Gasteiger partial charge in [0, 0.05) is 23.7 Å². The molecular formula is C16H20N4. The molecule has 2 aliphatic rings. The number of nitrogens with two attached hydrogens (primary N) is 1. The van der Waals surface area contributed by atoms with Crippen LogP contribution in [0.4, 0.5) is 11.5 Å². The summed E-state index contributed by atoms with van der Waals surface area (Å²) in [5, 5.41) is 1.10. The molecule has 4 nitrogen and oxygen atoms in total. The molecule has 2 heterocycles. The fraction of sp³-hybridized carbons (Fsp3) is 0.500. The van der Waals surface area contributed by atoms with Gasteiger partial charge in [-0.15, -0.1) is 0 Å². The van der Waals surface area contributed by atoms with Crippen LogP contribution in [0, 0.1) is 5.92 Å². The highest BCUT2D eigenvalue weighted by atomic mass is 15.2. The minimum Gasteiger partial charge on any atom is -0.399 e. The summed E-state index contributed by atoms with van der Waals surface area (Å²) in [6.45, 7) is 1.12. The van der Waals surface area contributed by atoms with E-state index in [1.54, 1.807) is 6.33 Å². The summed E-state index contributed by atoms with van der Waals surface area (Å²) in [6, 6.07) is 6.58. The van der Waals surface area contributed by atoms with E-state index in [0.717, 1.165) is 34.9 Å². The third-order valence-corrected chi connectivity index (χ3v) is 4.92. The maximum absolute atomic E-state index is 5.95. The van der Waals surface area contributed by atoms with E-state index in [9.17, 15) is 0 Å². The average molecular weight is 268 g/mol. The molecule has 1 aromatic heterocycles. The number of nitrogens with zero attached hydrogens (tertiary/aromatic N) is 3. The quantitative estimate of drug-likeness (QED) is 0.808. The molecule has 0 spiro atoms. The number of fused-ring (bicyclic) bond motifs is 2. The number of hydrogen-bond donors (Lipinski definition) is 1. The molecule has 0 radical (unpaired) electrons. The third-order valence-electron chi connectivity index (χ3n) is 4.92. The molecule has 1 aliphatic heterocycles. The zero-order valence-corrected chi connectivity index (χ0v) is 11.6. The fourth-order valence-electron chi connectivity index (χ4n) is 3.96. The predicted octanol–water partition coefficient (Wildman–Crippen LogP) is 2.98. The highest BCUT2D eigenvalue weighted by Crippen LogP contribution is 2.40. The smallest absolute Gasteiger partial charge is 0.140 e. The zero-order valence-electron chi connectivity index (χ0n) is 11.6. The normalized spacial score (nSPS) is 25.9. The molecule has 2 unspecified atom stereocenters. The van der Waals surface area contributed by atoms with Crippen molar-refractivity contribution < 1.29 is 0 Å². The largest absolute Gasteiger partial charge is 0.399 e. The van der Waals surface area contributed by atoms with E-state index >= 15 is 0 Å². The first-order chi connectivity index (χ1) is 9.83. The second kappa shape index (κ2) is 4.62. The van der Waals surface area contributed by atoms with Crippen molar-refractivity contribution in [2.75, 3.05) is 17.2 Å². The molecule has 1 aliphatic carbocycles. The van der Waals surface area contributed by atoms with Crippen LogP contribution in [0.15, 0.2) is 24.5 Å². The van der Waals surface area contributed by atoms with Crippen molar-refractivity contribution in [2.24, 2.45) is 5.92 Å². The topological polar surface area (TPSA) is 55.0 Å². The van der Waals surface area contributed by atoms with Crippen LogP contribution in [0.1, 0.15) is 32.1 Å². The predicted molar refractivity (Wildman–Crippen MR) is 81.7 cm³/mol. The van der Waals surface area contributed by atoms with Crippen molar-refractivity contribution in [2.45, 2.75) is 38.1 Å². The Hall–Kier alpha value is -1.84. The van der Waals surface area contributed by atoms with Gasteiger partial charge in [-0.1, -0.05) is 12.8 Å². The maximum atomic E-state index is 5.95. The number of nitrogen functional groups attached to an aromatic ring is 1. The van der Waals surface area contributed by atoms with E-state index in [1.165, 1.54) is 32.1 Å². The van der Waals surface area contributed by atoms with Gasteiger partial charge >= 0.3 is 0 Å². The van der Waals surface area contributed by atoms with Gasteiger partial charge in [0.2, 0.25) is 0 Å². The highest BCUT2D eigenvalue weighted by molar-refractivity contribution is 5.91. The Kier molecular flexibility index (Phi) is 2.76. The van der Waals surface area contributed by atoms with Gasteiger partial charge in [-0.25, -0.2) is 9.97 Å². The van der Waals surface area contributed by atoms with Gasteiger partial charge in [0.05, 0.1) is 5.52 Å². The Morgan fingerprint density at radius 3 is 2.95 bits per heavy atom. The minimum absolute atomic E-state index is 0.670. The summed E-state index contributed by atoms with van der Waals surface area (Å²) in [6.07, 6.45) is 8.42. The molecule has 4 heteroatoms. The van der Waals surface area contributed by atoms with Crippen molar-refractivity contribution in [3.05, 3.63) is 24.5 Å². The molecular weight excluding hydrogens is 248 g/mol. The van der Waals surface area contributed by atoms with E-state index in [4.69, 9.17) is 5.73 Å². The van der Waals surface area contributed by atoms with Gasteiger partial charge < -0.3 is 10.6 Å². The number of aromatic nitrogens is 2. The van der Waals surface area contributed by atoms with Gasteiger partial charge in [-0.3, -0.25) is 0 Å². The Balaban J connectivity index is 1.80. The third kappa shape index (κ3) is 1.82. The Morgan fingerprint density at radius 1 is 1.10 bits per heavy atom. The van der Waals surface area contributed by atoms with E-state index in [-0.39, 0.29) is 0 Å². The summed E-state index contributed by atoms with van der Waals surface area (Å²) in [4.78, 5) is 11.5. The summed E-state index contributed by atoms with van der Waals surface area (Å²) in [5.74, 6) is 1.94. The second-order valence-corrected chi connectivity index (χ2v) is 6.07. The van der Waals surface area contributed by atoms with Crippen molar-refractivity contribution in [3.8, 4) is 0 Å². The first-order valence-electron chi connectivity index (χ1n) is 7.60. The lowest BCUT2D eigenvalue weighted by atomic mass is 9.85. The molecule has 2 aromatic rings.